The number of fused-ring (bicyclic) bond motifs is 1. The maximum Gasteiger partial charge on any atom is 0.407 e. The number of rotatable bonds is 8. The molecule has 11 heteroatoms. The molecule has 1 fully saturated rings. The molecule has 5 N–H and O–H groups in total. The Morgan fingerprint density at radius 2 is 1.82 bits per heavy atom. The predicted molar refractivity (Wildman–Crippen MR) is 157 cm³/mol. The molecule has 1 aromatic heterocycles. The summed E-state index contributed by atoms with van der Waals surface area (Å²) >= 11 is 3.47. The van der Waals surface area contributed by atoms with Crippen molar-refractivity contribution in [2.24, 2.45) is 17.6 Å². The van der Waals surface area contributed by atoms with Crippen LogP contribution in [0.5, 0.6) is 0 Å². The van der Waals surface area contributed by atoms with Crippen LogP contribution in [0.1, 0.15) is 52.0 Å². The number of carbonyl (C=O) groups excluding carboxylic acids is 3. The Balaban J connectivity index is 1.55. The Morgan fingerprint density at radius 1 is 1.10 bits per heavy atom. The number of amides is 3. The van der Waals surface area contributed by atoms with Gasteiger partial charge in [-0.3, -0.25) is 29.5 Å². The Bertz CT molecular complexity index is 1430. The molecule has 3 aromatic rings. The van der Waals surface area contributed by atoms with Crippen LogP contribution in [0.15, 0.2) is 51.7 Å². The molecule has 214 valence electrons. The number of nitrogens with one attached hydrogen (secondary N) is 3. The number of hydrogen-bond acceptors (Lipinski definition) is 5. The number of anilines is 1. The van der Waals surface area contributed by atoms with E-state index in [0.29, 0.717) is 36.0 Å². The van der Waals surface area contributed by atoms with Crippen molar-refractivity contribution >= 4 is 50.4 Å². The number of carbonyl (C=O) groups is 3. The van der Waals surface area contributed by atoms with Crippen LogP contribution in [0, 0.1) is 11.8 Å². The summed E-state index contributed by atoms with van der Waals surface area (Å²) in [5.41, 5.74) is 6.95. The average Bonchev–Trinajstić information content (AvgIpc) is 3.26. The van der Waals surface area contributed by atoms with Gasteiger partial charge in [0.1, 0.15) is 11.6 Å². The topological polar surface area (TPSA) is 150 Å². The van der Waals surface area contributed by atoms with Gasteiger partial charge in [0.2, 0.25) is 11.8 Å². The van der Waals surface area contributed by atoms with Crippen molar-refractivity contribution in [2.75, 3.05) is 11.4 Å². The Hall–Kier alpha value is -3.60. The van der Waals surface area contributed by atoms with Crippen LogP contribution in [-0.4, -0.2) is 46.3 Å². The molecule has 0 radical (unpaired) electrons. The van der Waals surface area contributed by atoms with Gasteiger partial charge in [-0.15, -0.1) is 0 Å². The van der Waals surface area contributed by atoms with Crippen molar-refractivity contribution in [3.63, 3.8) is 0 Å². The number of aromatic nitrogens is 2. The van der Waals surface area contributed by atoms with Crippen LogP contribution in [0.2, 0.25) is 0 Å². The maximum absolute atomic E-state index is 14.1. The summed E-state index contributed by atoms with van der Waals surface area (Å²) in [6.45, 7) is 5.92. The highest BCUT2D eigenvalue weighted by molar-refractivity contribution is 9.10. The second-order valence-corrected chi connectivity index (χ2v) is 12.3. The summed E-state index contributed by atoms with van der Waals surface area (Å²) in [6.07, 6.45) is 2.50. The number of H-pyrrole nitrogens is 2. The Labute approximate surface area is 241 Å². The molecule has 0 unspecified atom stereocenters. The van der Waals surface area contributed by atoms with Gasteiger partial charge >= 0.3 is 6.09 Å². The largest absolute Gasteiger partial charge is 0.444 e. The van der Waals surface area contributed by atoms with Crippen molar-refractivity contribution in [3.05, 3.63) is 62.9 Å². The SMILES string of the molecule is CC(C)(C)OC(=O)NC[C@H]1CC[C@H](C(=O)N(c2ccc3c(=O)[nH][nH]c3c2)[C@@H](Cc2cccc(Br)c2)C(N)=O)CC1. The predicted octanol–water partition coefficient (Wildman–Crippen LogP) is 4.38. The molecule has 4 rings (SSSR count). The number of nitrogens with zero attached hydrogens (tertiary/aromatic N) is 1. The Kier molecular flexibility index (Phi) is 9.02. The highest BCUT2D eigenvalue weighted by atomic mass is 79.9. The van der Waals surface area contributed by atoms with E-state index in [1.54, 1.807) is 18.2 Å². The lowest BCUT2D eigenvalue weighted by Crippen LogP contribution is -2.52. The number of halogens is 1. The van der Waals surface area contributed by atoms with Crippen molar-refractivity contribution < 1.29 is 19.1 Å². The summed E-state index contributed by atoms with van der Waals surface area (Å²) in [7, 11) is 0. The van der Waals surface area contributed by atoms with E-state index in [0.717, 1.165) is 22.9 Å². The molecule has 1 saturated carbocycles. The molecule has 1 aliphatic rings. The Morgan fingerprint density at radius 3 is 2.48 bits per heavy atom. The first kappa shape index (κ1) is 29.4. The van der Waals surface area contributed by atoms with Gasteiger partial charge in [0, 0.05) is 29.0 Å². The lowest BCUT2D eigenvalue weighted by atomic mass is 9.81. The van der Waals surface area contributed by atoms with Crippen molar-refractivity contribution in [3.8, 4) is 0 Å². The third-order valence-corrected chi connectivity index (χ3v) is 7.66. The molecule has 10 nitrogen and oxygen atoms in total. The summed E-state index contributed by atoms with van der Waals surface area (Å²) in [6, 6.07) is 11.6. The van der Waals surface area contributed by atoms with E-state index >= 15 is 0 Å². The molecular formula is C29H36BrN5O5. The van der Waals surface area contributed by atoms with E-state index in [4.69, 9.17) is 10.5 Å². The number of ether oxygens (including phenoxy) is 1. The van der Waals surface area contributed by atoms with Gasteiger partial charge < -0.3 is 15.8 Å². The lowest BCUT2D eigenvalue weighted by molar-refractivity contribution is -0.127. The highest BCUT2D eigenvalue weighted by Crippen LogP contribution is 2.33. The van der Waals surface area contributed by atoms with Crippen LogP contribution in [0.4, 0.5) is 10.5 Å². The van der Waals surface area contributed by atoms with Gasteiger partial charge in [0.05, 0.1) is 10.9 Å². The fourth-order valence-electron chi connectivity index (χ4n) is 5.19. The van der Waals surface area contributed by atoms with Crippen molar-refractivity contribution in [1.82, 2.24) is 15.5 Å². The number of aromatic amines is 2. The van der Waals surface area contributed by atoms with Crippen molar-refractivity contribution in [1.29, 1.82) is 0 Å². The maximum atomic E-state index is 14.1. The van der Waals surface area contributed by atoms with Crippen molar-refractivity contribution in [2.45, 2.75) is 64.5 Å². The van der Waals surface area contributed by atoms with Crippen LogP contribution >= 0.6 is 15.9 Å². The first-order chi connectivity index (χ1) is 18.9. The number of nitrogens with two attached hydrogens (primary N) is 1. The van der Waals surface area contributed by atoms with E-state index in [9.17, 15) is 19.2 Å². The van der Waals surface area contributed by atoms with Gasteiger partial charge in [-0.25, -0.2) is 4.79 Å². The van der Waals surface area contributed by atoms with E-state index in [1.807, 2.05) is 45.0 Å². The monoisotopic (exact) mass is 613 g/mol. The molecule has 2 aromatic carbocycles. The average molecular weight is 615 g/mol. The number of hydrogen-bond donors (Lipinski definition) is 4. The van der Waals surface area contributed by atoms with Crippen LogP contribution < -0.4 is 21.5 Å². The first-order valence-electron chi connectivity index (χ1n) is 13.5. The minimum Gasteiger partial charge on any atom is -0.444 e. The van der Waals surface area contributed by atoms with Gasteiger partial charge in [0.15, 0.2) is 0 Å². The smallest absolute Gasteiger partial charge is 0.407 e. The summed E-state index contributed by atoms with van der Waals surface area (Å²) in [4.78, 5) is 52.6. The third kappa shape index (κ3) is 7.32. The quantitative estimate of drug-likeness (QED) is 0.297. The third-order valence-electron chi connectivity index (χ3n) is 7.16. The molecule has 0 aliphatic heterocycles. The second kappa shape index (κ2) is 12.3. The van der Waals surface area contributed by atoms with Gasteiger partial charge in [0.25, 0.3) is 5.56 Å². The normalized spacial score (nSPS) is 18.2. The fourth-order valence-corrected chi connectivity index (χ4v) is 5.64. The zero-order valence-corrected chi connectivity index (χ0v) is 24.5. The highest BCUT2D eigenvalue weighted by Gasteiger charge is 2.36. The molecule has 1 aliphatic carbocycles. The standard InChI is InChI=1S/C29H36BrN5O5/c1-29(2,3)40-28(39)32-16-17-7-9-19(10-8-17)27(38)35(21-11-12-22-23(15-21)33-34-26(22)37)24(25(31)36)14-18-5-4-6-20(30)13-18/h4-6,11-13,15,17,19,24H,7-10,14,16H2,1-3H3,(H2,31,36)(H,32,39)(H2,33,34,37)/t17-,19-,24-/m0/s1. The zero-order chi connectivity index (χ0) is 29.0. The summed E-state index contributed by atoms with van der Waals surface area (Å²) in [5.74, 6) is -0.899. The van der Waals surface area contributed by atoms with E-state index in [-0.39, 0.29) is 29.7 Å². The molecule has 0 saturated heterocycles. The van der Waals surface area contributed by atoms with Gasteiger partial charge in [-0.2, -0.15) is 0 Å². The molecule has 40 heavy (non-hydrogen) atoms. The molecule has 1 atom stereocenters. The van der Waals surface area contributed by atoms with Gasteiger partial charge in [-0.1, -0.05) is 28.1 Å². The molecule has 0 bridgehead atoms. The molecule has 0 spiro atoms. The lowest BCUT2D eigenvalue weighted by Gasteiger charge is -2.36. The fraction of sp³-hybridized carbons (Fsp3) is 0.448. The summed E-state index contributed by atoms with van der Waals surface area (Å²) in [5, 5.41) is 8.67. The second-order valence-electron chi connectivity index (χ2n) is 11.4. The van der Waals surface area contributed by atoms with Crippen LogP contribution in [-0.2, 0) is 20.7 Å². The first-order valence-corrected chi connectivity index (χ1v) is 14.2. The van der Waals surface area contributed by atoms with E-state index < -0.39 is 23.6 Å². The van der Waals surface area contributed by atoms with E-state index in [1.165, 1.54) is 4.90 Å². The zero-order valence-electron chi connectivity index (χ0n) is 23.0. The minimum absolute atomic E-state index is 0.186. The summed E-state index contributed by atoms with van der Waals surface area (Å²) < 4.78 is 6.18. The number of primary amides is 1. The molecule has 1 heterocycles. The number of alkyl carbamates (subject to hydrolysis) is 1. The van der Waals surface area contributed by atoms with Crippen LogP contribution in [0.3, 0.4) is 0 Å². The number of benzene rings is 2. The molecule has 3 amide bonds. The van der Waals surface area contributed by atoms with Crippen LogP contribution in [0.25, 0.3) is 10.9 Å². The van der Waals surface area contributed by atoms with Gasteiger partial charge in [-0.05, 0) is 88.3 Å². The molecular weight excluding hydrogens is 578 g/mol. The minimum atomic E-state index is -0.934. The van der Waals surface area contributed by atoms with E-state index in [2.05, 4.69) is 31.4 Å².